The van der Waals surface area contributed by atoms with Gasteiger partial charge in [0.15, 0.2) is 6.04 Å². The number of carbonyl (C=O) groups excluding carboxylic acids is 2. The molecule has 30 heavy (non-hydrogen) atoms. The number of benzene rings is 1. The van der Waals surface area contributed by atoms with Crippen molar-refractivity contribution in [1.29, 1.82) is 0 Å². The summed E-state index contributed by atoms with van der Waals surface area (Å²) in [6.45, 7) is 3.33. The first-order valence-electron chi connectivity index (χ1n) is 10.1. The van der Waals surface area contributed by atoms with Crippen LogP contribution in [0.1, 0.15) is 50.5 Å². The van der Waals surface area contributed by atoms with Crippen molar-refractivity contribution < 1.29 is 33.7 Å². The lowest BCUT2D eigenvalue weighted by atomic mass is 10.1. The SMILES string of the molecule is C=CCCCCCCCCOC(=O)OCC(NC(=O)OCc1ccccc1)C(=O)O. The number of alkyl carbamates (subject to hydrolysis) is 1. The monoisotopic (exact) mass is 421 g/mol. The largest absolute Gasteiger partial charge is 0.508 e. The van der Waals surface area contributed by atoms with Crippen molar-refractivity contribution in [2.45, 2.75) is 57.6 Å². The molecule has 8 nitrogen and oxygen atoms in total. The predicted molar refractivity (Wildman–Crippen MR) is 111 cm³/mol. The molecule has 0 aliphatic carbocycles. The molecule has 0 heterocycles. The maximum Gasteiger partial charge on any atom is 0.508 e. The molecule has 1 aromatic rings. The zero-order valence-electron chi connectivity index (χ0n) is 17.2. The molecule has 1 amide bonds. The maximum absolute atomic E-state index is 11.8. The summed E-state index contributed by atoms with van der Waals surface area (Å²) in [6.07, 6.45) is 7.20. The number of hydrogen-bond donors (Lipinski definition) is 2. The number of amides is 1. The van der Waals surface area contributed by atoms with E-state index in [4.69, 9.17) is 19.3 Å². The lowest BCUT2D eigenvalue weighted by molar-refractivity contribution is -0.140. The number of carboxylic acid groups (broad SMARTS) is 1. The molecular weight excluding hydrogens is 390 g/mol. The number of allylic oxidation sites excluding steroid dienone is 1. The number of carbonyl (C=O) groups is 3. The summed E-state index contributed by atoms with van der Waals surface area (Å²) in [6, 6.07) is 7.51. The molecule has 1 unspecified atom stereocenters. The molecule has 0 radical (unpaired) electrons. The maximum atomic E-state index is 11.8. The van der Waals surface area contributed by atoms with E-state index in [-0.39, 0.29) is 13.2 Å². The van der Waals surface area contributed by atoms with Gasteiger partial charge in [0.05, 0.1) is 6.61 Å². The van der Waals surface area contributed by atoms with E-state index in [1.807, 2.05) is 12.1 Å². The molecule has 0 saturated carbocycles. The Morgan fingerprint density at radius 2 is 1.63 bits per heavy atom. The van der Waals surface area contributed by atoms with Gasteiger partial charge in [-0.15, -0.1) is 6.58 Å². The standard InChI is InChI=1S/C22H31NO7/c1-2-3-4-5-6-7-8-12-15-28-22(27)30-17-19(20(24)25)23-21(26)29-16-18-13-10-9-11-14-18/h2,9-11,13-14,19H,1,3-8,12,15-17H2,(H,23,26)(H,24,25). The highest BCUT2D eigenvalue weighted by molar-refractivity contribution is 5.80. The predicted octanol–water partition coefficient (Wildman–Crippen LogP) is 4.44. The first kappa shape index (κ1) is 25.0. The van der Waals surface area contributed by atoms with Gasteiger partial charge in [0, 0.05) is 0 Å². The molecule has 166 valence electrons. The molecule has 1 atom stereocenters. The van der Waals surface area contributed by atoms with Crippen LogP contribution in [0.3, 0.4) is 0 Å². The Kier molecular flexibility index (Phi) is 13.2. The topological polar surface area (TPSA) is 111 Å². The normalized spacial score (nSPS) is 11.2. The second-order valence-electron chi connectivity index (χ2n) is 6.71. The molecular formula is C22H31NO7. The number of aliphatic carboxylic acids is 1. The molecule has 0 fully saturated rings. The smallest absolute Gasteiger partial charge is 0.480 e. The van der Waals surface area contributed by atoms with Crippen LogP contribution in [-0.2, 0) is 25.6 Å². The van der Waals surface area contributed by atoms with Crippen molar-refractivity contribution in [2.75, 3.05) is 13.2 Å². The van der Waals surface area contributed by atoms with Crippen LogP contribution in [0, 0.1) is 0 Å². The third-order valence-corrected chi connectivity index (χ3v) is 4.19. The number of unbranched alkanes of at least 4 members (excludes halogenated alkanes) is 6. The minimum Gasteiger partial charge on any atom is -0.480 e. The molecule has 2 N–H and O–H groups in total. The first-order chi connectivity index (χ1) is 14.5. The van der Waals surface area contributed by atoms with Crippen LogP contribution in [0.15, 0.2) is 43.0 Å². The van der Waals surface area contributed by atoms with Gasteiger partial charge in [-0.05, 0) is 24.8 Å². The fourth-order valence-electron chi connectivity index (χ4n) is 2.53. The zero-order chi connectivity index (χ0) is 22.0. The van der Waals surface area contributed by atoms with Gasteiger partial charge in [0.1, 0.15) is 13.2 Å². The van der Waals surface area contributed by atoms with Crippen LogP contribution in [0.4, 0.5) is 9.59 Å². The third-order valence-electron chi connectivity index (χ3n) is 4.19. The highest BCUT2D eigenvalue weighted by atomic mass is 16.7. The average Bonchev–Trinajstić information content (AvgIpc) is 2.74. The minimum atomic E-state index is -1.43. The second kappa shape index (κ2) is 15.8. The molecule has 0 saturated heterocycles. The highest BCUT2D eigenvalue weighted by Gasteiger charge is 2.23. The minimum absolute atomic E-state index is 0.00380. The molecule has 0 spiro atoms. The van der Waals surface area contributed by atoms with Gasteiger partial charge in [-0.1, -0.05) is 62.1 Å². The van der Waals surface area contributed by atoms with Crippen molar-refractivity contribution in [3.8, 4) is 0 Å². The Morgan fingerprint density at radius 1 is 0.967 bits per heavy atom. The molecule has 8 heteroatoms. The summed E-state index contributed by atoms with van der Waals surface area (Å²) in [4.78, 5) is 34.6. The van der Waals surface area contributed by atoms with Gasteiger partial charge in [-0.2, -0.15) is 0 Å². The van der Waals surface area contributed by atoms with E-state index in [2.05, 4.69) is 11.9 Å². The van der Waals surface area contributed by atoms with Gasteiger partial charge in [0.2, 0.25) is 0 Å². The van der Waals surface area contributed by atoms with E-state index in [0.717, 1.165) is 44.1 Å². The van der Waals surface area contributed by atoms with Crippen LogP contribution >= 0.6 is 0 Å². The van der Waals surface area contributed by atoms with Crippen LogP contribution in [0.5, 0.6) is 0 Å². The Balaban J connectivity index is 2.15. The van der Waals surface area contributed by atoms with Crippen LogP contribution < -0.4 is 5.32 Å². The number of carboxylic acids is 1. The van der Waals surface area contributed by atoms with E-state index in [9.17, 15) is 14.4 Å². The number of rotatable bonds is 15. The van der Waals surface area contributed by atoms with E-state index in [0.29, 0.717) is 6.42 Å². The Hall–Kier alpha value is -3.03. The van der Waals surface area contributed by atoms with E-state index in [1.54, 1.807) is 24.3 Å². The summed E-state index contributed by atoms with van der Waals surface area (Å²) in [5.41, 5.74) is 0.760. The second-order valence-corrected chi connectivity index (χ2v) is 6.71. The van der Waals surface area contributed by atoms with Crippen molar-refractivity contribution in [3.63, 3.8) is 0 Å². The van der Waals surface area contributed by atoms with Gasteiger partial charge >= 0.3 is 18.2 Å². The van der Waals surface area contributed by atoms with Crippen LogP contribution in [0.2, 0.25) is 0 Å². The first-order valence-corrected chi connectivity index (χ1v) is 10.1. The molecule has 1 aromatic carbocycles. The van der Waals surface area contributed by atoms with Gasteiger partial charge < -0.3 is 24.6 Å². The summed E-state index contributed by atoms with van der Waals surface area (Å²) >= 11 is 0. The molecule has 0 bridgehead atoms. The summed E-state index contributed by atoms with van der Waals surface area (Å²) in [7, 11) is 0. The van der Waals surface area contributed by atoms with Crippen molar-refractivity contribution in [1.82, 2.24) is 5.32 Å². The highest BCUT2D eigenvalue weighted by Crippen LogP contribution is 2.07. The fraction of sp³-hybridized carbons (Fsp3) is 0.500. The van der Waals surface area contributed by atoms with Crippen molar-refractivity contribution in [2.24, 2.45) is 0 Å². The Bertz CT molecular complexity index is 648. The summed E-state index contributed by atoms with van der Waals surface area (Å²) < 4.78 is 14.7. The van der Waals surface area contributed by atoms with Gasteiger partial charge in [-0.25, -0.2) is 14.4 Å². The number of ether oxygens (including phenoxy) is 3. The van der Waals surface area contributed by atoms with E-state index < -0.39 is 30.9 Å². The summed E-state index contributed by atoms with van der Waals surface area (Å²) in [5, 5.41) is 11.3. The zero-order valence-corrected chi connectivity index (χ0v) is 17.2. The van der Waals surface area contributed by atoms with Crippen LogP contribution in [-0.4, -0.2) is 42.6 Å². The number of nitrogens with one attached hydrogen (secondary N) is 1. The van der Waals surface area contributed by atoms with Crippen molar-refractivity contribution >= 4 is 18.2 Å². The van der Waals surface area contributed by atoms with E-state index in [1.165, 1.54) is 0 Å². The fourth-order valence-corrected chi connectivity index (χ4v) is 2.53. The lowest BCUT2D eigenvalue weighted by Gasteiger charge is -2.14. The third kappa shape index (κ3) is 12.4. The van der Waals surface area contributed by atoms with Gasteiger partial charge in [0.25, 0.3) is 0 Å². The number of hydrogen-bond acceptors (Lipinski definition) is 6. The Morgan fingerprint density at radius 3 is 2.30 bits per heavy atom. The quantitative estimate of drug-likeness (QED) is 0.245. The molecule has 0 aromatic heterocycles. The average molecular weight is 421 g/mol. The van der Waals surface area contributed by atoms with Crippen LogP contribution in [0.25, 0.3) is 0 Å². The molecule has 0 aliphatic rings. The molecule has 0 aliphatic heterocycles. The lowest BCUT2D eigenvalue weighted by Crippen LogP contribution is -2.44. The van der Waals surface area contributed by atoms with Crippen molar-refractivity contribution in [3.05, 3.63) is 48.6 Å². The summed E-state index contributed by atoms with van der Waals surface area (Å²) in [5.74, 6) is -1.35. The van der Waals surface area contributed by atoms with E-state index >= 15 is 0 Å². The van der Waals surface area contributed by atoms with Gasteiger partial charge in [-0.3, -0.25) is 0 Å². The molecule has 1 rings (SSSR count). The Labute approximate surface area is 177 Å².